The van der Waals surface area contributed by atoms with Gasteiger partial charge in [-0.25, -0.2) is 0 Å². The van der Waals surface area contributed by atoms with Gasteiger partial charge in [-0.1, -0.05) is 36.4 Å². The van der Waals surface area contributed by atoms with Crippen LogP contribution in [0.3, 0.4) is 0 Å². The van der Waals surface area contributed by atoms with E-state index in [-0.39, 0.29) is 5.75 Å². The van der Waals surface area contributed by atoms with Crippen molar-refractivity contribution in [3.63, 3.8) is 0 Å². The van der Waals surface area contributed by atoms with Gasteiger partial charge in [0.15, 0.2) is 0 Å². The second-order valence-corrected chi connectivity index (χ2v) is 5.15. The van der Waals surface area contributed by atoms with Gasteiger partial charge in [0.05, 0.1) is 4.47 Å². The van der Waals surface area contributed by atoms with Gasteiger partial charge in [-0.15, -0.1) is 0 Å². The molecule has 0 spiro atoms. The number of nitrogens with one attached hydrogen (secondary N) is 1. The lowest BCUT2D eigenvalue weighted by Crippen LogP contribution is -2.17. The summed E-state index contributed by atoms with van der Waals surface area (Å²) in [6.45, 7) is 2.92. The first-order valence-electron chi connectivity index (χ1n) is 5.92. The molecule has 18 heavy (non-hydrogen) atoms. The van der Waals surface area contributed by atoms with Gasteiger partial charge in [-0.2, -0.15) is 0 Å². The van der Waals surface area contributed by atoms with E-state index in [1.165, 1.54) is 5.56 Å². The number of hydrogen-bond donors (Lipinski definition) is 2. The van der Waals surface area contributed by atoms with Gasteiger partial charge in [-0.3, -0.25) is 0 Å². The van der Waals surface area contributed by atoms with Crippen LogP contribution in [0.15, 0.2) is 53.0 Å². The third-order valence-corrected chi connectivity index (χ3v) is 3.56. The first kappa shape index (κ1) is 13.1. The van der Waals surface area contributed by atoms with E-state index >= 15 is 0 Å². The van der Waals surface area contributed by atoms with Gasteiger partial charge < -0.3 is 10.4 Å². The predicted octanol–water partition coefficient (Wildman–Crippen LogP) is 4.01. The second kappa shape index (κ2) is 6.03. The van der Waals surface area contributed by atoms with Crippen molar-refractivity contribution in [2.75, 3.05) is 0 Å². The number of phenols is 1. The molecule has 0 heterocycles. The molecule has 3 heteroatoms. The molecule has 0 fully saturated rings. The van der Waals surface area contributed by atoms with Gasteiger partial charge in [0.1, 0.15) is 5.75 Å². The number of halogens is 1. The summed E-state index contributed by atoms with van der Waals surface area (Å²) in [7, 11) is 0. The van der Waals surface area contributed by atoms with Crippen LogP contribution in [-0.2, 0) is 6.54 Å². The number of rotatable bonds is 4. The average molecular weight is 306 g/mol. The zero-order chi connectivity index (χ0) is 13.0. The minimum atomic E-state index is 0.273. The molecule has 0 radical (unpaired) electrons. The fourth-order valence-electron chi connectivity index (χ4n) is 1.79. The molecule has 0 aliphatic heterocycles. The molecule has 2 N–H and O–H groups in total. The van der Waals surface area contributed by atoms with Crippen LogP contribution in [0.4, 0.5) is 0 Å². The van der Waals surface area contributed by atoms with Gasteiger partial charge in [0.2, 0.25) is 0 Å². The van der Waals surface area contributed by atoms with Crippen molar-refractivity contribution in [2.45, 2.75) is 19.5 Å². The van der Waals surface area contributed by atoms with Gasteiger partial charge >= 0.3 is 0 Å². The van der Waals surface area contributed by atoms with E-state index in [0.29, 0.717) is 6.04 Å². The molecule has 0 bridgehead atoms. The van der Waals surface area contributed by atoms with E-state index in [9.17, 15) is 5.11 Å². The molecule has 94 valence electrons. The Morgan fingerprint density at radius 1 is 1.17 bits per heavy atom. The van der Waals surface area contributed by atoms with Crippen LogP contribution >= 0.6 is 15.9 Å². The fourth-order valence-corrected chi connectivity index (χ4v) is 2.22. The monoisotopic (exact) mass is 305 g/mol. The number of benzene rings is 2. The molecule has 0 amide bonds. The van der Waals surface area contributed by atoms with Crippen molar-refractivity contribution >= 4 is 15.9 Å². The van der Waals surface area contributed by atoms with Gasteiger partial charge in [0, 0.05) is 12.6 Å². The molecule has 0 aliphatic rings. The molecule has 0 saturated carbocycles. The summed E-state index contributed by atoms with van der Waals surface area (Å²) in [6, 6.07) is 16.2. The van der Waals surface area contributed by atoms with Crippen molar-refractivity contribution < 1.29 is 5.11 Å². The summed E-state index contributed by atoms with van der Waals surface area (Å²) in [5.74, 6) is 0.273. The molecule has 0 saturated heterocycles. The van der Waals surface area contributed by atoms with E-state index in [0.717, 1.165) is 16.6 Å². The summed E-state index contributed by atoms with van der Waals surface area (Å²) >= 11 is 3.32. The Labute approximate surface area is 116 Å². The topological polar surface area (TPSA) is 32.3 Å². The third-order valence-electron chi connectivity index (χ3n) is 2.92. The zero-order valence-electron chi connectivity index (χ0n) is 10.2. The second-order valence-electron chi connectivity index (χ2n) is 4.30. The van der Waals surface area contributed by atoms with Crippen molar-refractivity contribution in [2.24, 2.45) is 0 Å². The molecule has 2 aromatic rings. The SMILES string of the molecule is C[C@@H](NCc1ccc(O)c(Br)c1)c1ccccc1. The molecular weight excluding hydrogens is 290 g/mol. The van der Waals surface area contributed by atoms with Gasteiger partial charge in [-0.05, 0) is 46.1 Å². The first-order valence-corrected chi connectivity index (χ1v) is 6.72. The fraction of sp³-hybridized carbons (Fsp3) is 0.200. The summed E-state index contributed by atoms with van der Waals surface area (Å²) < 4.78 is 0.731. The van der Waals surface area contributed by atoms with Crippen molar-refractivity contribution in [3.05, 3.63) is 64.1 Å². The van der Waals surface area contributed by atoms with E-state index in [1.54, 1.807) is 6.07 Å². The van der Waals surface area contributed by atoms with Crippen LogP contribution in [0.25, 0.3) is 0 Å². The molecule has 1 atom stereocenters. The lowest BCUT2D eigenvalue weighted by molar-refractivity contribution is 0.471. The summed E-state index contributed by atoms with van der Waals surface area (Å²) in [5, 5.41) is 12.9. The molecular formula is C15H16BrNO. The maximum absolute atomic E-state index is 9.43. The molecule has 2 aromatic carbocycles. The number of phenolic OH excluding ortho intramolecular Hbond substituents is 1. The van der Waals surface area contributed by atoms with Crippen LogP contribution in [0.5, 0.6) is 5.75 Å². The summed E-state index contributed by atoms with van der Waals surface area (Å²) in [5.41, 5.74) is 2.41. The molecule has 2 nitrogen and oxygen atoms in total. The molecule has 0 aromatic heterocycles. The Morgan fingerprint density at radius 2 is 1.89 bits per heavy atom. The lowest BCUT2D eigenvalue weighted by atomic mass is 10.1. The Hall–Kier alpha value is -1.32. The van der Waals surface area contributed by atoms with E-state index in [1.807, 2.05) is 30.3 Å². The van der Waals surface area contributed by atoms with Crippen molar-refractivity contribution in [1.82, 2.24) is 5.32 Å². The lowest BCUT2D eigenvalue weighted by Gasteiger charge is -2.14. The molecule has 0 unspecified atom stereocenters. The largest absolute Gasteiger partial charge is 0.507 e. The van der Waals surface area contributed by atoms with Crippen LogP contribution in [0, 0.1) is 0 Å². The highest BCUT2D eigenvalue weighted by atomic mass is 79.9. The van der Waals surface area contributed by atoms with Crippen LogP contribution in [-0.4, -0.2) is 5.11 Å². The highest BCUT2D eigenvalue weighted by Crippen LogP contribution is 2.24. The van der Waals surface area contributed by atoms with Crippen molar-refractivity contribution in [1.29, 1.82) is 0 Å². The zero-order valence-corrected chi connectivity index (χ0v) is 11.8. The Bertz CT molecular complexity index is 513. The molecule has 0 aliphatic carbocycles. The van der Waals surface area contributed by atoms with Crippen LogP contribution < -0.4 is 5.32 Å². The summed E-state index contributed by atoms with van der Waals surface area (Å²) in [4.78, 5) is 0. The highest BCUT2D eigenvalue weighted by Gasteiger charge is 2.05. The van der Waals surface area contributed by atoms with E-state index in [4.69, 9.17) is 0 Å². The molecule has 2 rings (SSSR count). The quantitative estimate of drug-likeness (QED) is 0.894. The minimum Gasteiger partial charge on any atom is -0.507 e. The Balaban J connectivity index is 1.97. The van der Waals surface area contributed by atoms with Crippen LogP contribution in [0.2, 0.25) is 0 Å². The van der Waals surface area contributed by atoms with Crippen LogP contribution in [0.1, 0.15) is 24.1 Å². The smallest absolute Gasteiger partial charge is 0.129 e. The van der Waals surface area contributed by atoms with Gasteiger partial charge in [0.25, 0.3) is 0 Å². The van der Waals surface area contributed by atoms with E-state index in [2.05, 4.69) is 40.3 Å². The minimum absolute atomic E-state index is 0.273. The maximum Gasteiger partial charge on any atom is 0.129 e. The van der Waals surface area contributed by atoms with E-state index < -0.39 is 0 Å². The van der Waals surface area contributed by atoms with Crippen molar-refractivity contribution in [3.8, 4) is 5.75 Å². The number of hydrogen-bond acceptors (Lipinski definition) is 2. The predicted molar refractivity (Wildman–Crippen MR) is 77.5 cm³/mol. The highest BCUT2D eigenvalue weighted by molar-refractivity contribution is 9.10. The first-order chi connectivity index (χ1) is 8.66. The standard InChI is InChI=1S/C15H16BrNO/c1-11(13-5-3-2-4-6-13)17-10-12-7-8-15(18)14(16)9-12/h2-9,11,17-18H,10H2,1H3/t11-/m1/s1. The maximum atomic E-state index is 9.43. The normalized spacial score (nSPS) is 12.3. The summed E-state index contributed by atoms with van der Waals surface area (Å²) in [6.07, 6.45) is 0. The Kier molecular flexibility index (Phi) is 4.39. The Morgan fingerprint density at radius 3 is 2.56 bits per heavy atom. The third kappa shape index (κ3) is 3.34. The average Bonchev–Trinajstić information content (AvgIpc) is 2.41. The number of aromatic hydroxyl groups is 1.